The van der Waals surface area contributed by atoms with Crippen LogP contribution in [-0.2, 0) is 0 Å². The van der Waals surface area contributed by atoms with Gasteiger partial charge in [-0.15, -0.1) is 0 Å². The second kappa shape index (κ2) is 11.8. The topological polar surface area (TPSA) is 0 Å². The first kappa shape index (κ1) is 17.0. The highest BCUT2D eigenvalue weighted by molar-refractivity contribution is 5.49. The summed E-state index contributed by atoms with van der Waals surface area (Å²) < 4.78 is 0. The van der Waals surface area contributed by atoms with Gasteiger partial charge in [0, 0.05) is 0 Å². The normalized spacial score (nSPS) is 11.3. The van der Waals surface area contributed by atoms with Crippen LogP contribution in [0.3, 0.4) is 0 Å². The molecule has 0 N–H and O–H groups in total. The number of rotatable bonds is 11. The summed E-state index contributed by atoms with van der Waals surface area (Å²) >= 11 is 0. The SMILES string of the molecule is CCCCCCCCCCC/C=C\c1ccc(C)cc1. The number of hydrogen-bond donors (Lipinski definition) is 0. The average Bonchev–Trinajstić information content (AvgIpc) is 2.47. The Kier molecular flexibility index (Phi) is 10.0. The highest BCUT2D eigenvalue weighted by atomic mass is 14.0. The van der Waals surface area contributed by atoms with E-state index in [9.17, 15) is 0 Å². The highest BCUT2D eigenvalue weighted by Gasteiger charge is 1.91. The lowest BCUT2D eigenvalue weighted by Crippen LogP contribution is -1.80. The largest absolute Gasteiger partial charge is 0.0839 e. The molecule has 0 aliphatic rings. The second-order valence-corrected chi connectivity index (χ2v) is 5.93. The molecule has 0 spiro atoms. The molecule has 1 aromatic rings. The Morgan fingerprint density at radius 1 is 0.750 bits per heavy atom. The number of allylic oxidation sites excluding steroid dienone is 1. The van der Waals surface area contributed by atoms with Crippen molar-refractivity contribution < 1.29 is 0 Å². The lowest BCUT2D eigenvalue weighted by molar-refractivity contribution is 0.566. The maximum atomic E-state index is 2.33. The van der Waals surface area contributed by atoms with E-state index in [2.05, 4.69) is 50.3 Å². The van der Waals surface area contributed by atoms with Gasteiger partial charge in [-0.1, -0.05) is 100 Å². The molecule has 0 aromatic heterocycles. The molecule has 0 heteroatoms. The monoisotopic (exact) mass is 272 g/mol. The summed E-state index contributed by atoms with van der Waals surface area (Å²) in [7, 11) is 0. The molecule has 0 aliphatic heterocycles. The van der Waals surface area contributed by atoms with E-state index >= 15 is 0 Å². The number of hydrogen-bond acceptors (Lipinski definition) is 0. The average molecular weight is 272 g/mol. The lowest BCUT2D eigenvalue weighted by atomic mass is 10.1. The van der Waals surface area contributed by atoms with E-state index in [1.807, 2.05) is 0 Å². The van der Waals surface area contributed by atoms with Crippen LogP contribution in [0.2, 0.25) is 0 Å². The Bertz CT molecular complexity index is 345. The van der Waals surface area contributed by atoms with Crippen LogP contribution in [0, 0.1) is 6.92 Å². The molecule has 0 bridgehead atoms. The quantitative estimate of drug-likeness (QED) is 0.383. The first-order valence-corrected chi connectivity index (χ1v) is 8.56. The van der Waals surface area contributed by atoms with Gasteiger partial charge in [0.1, 0.15) is 0 Å². The van der Waals surface area contributed by atoms with Crippen molar-refractivity contribution in [1.82, 2.24) is 0 Å². The van der Waals surface area contributed by atoms with Crippen LogP contribution in [0.25, 0.3) is 6.08 Å². The highest BCUT2D eigenvalue weighted by Crippen LogP contribution is 2.11. The molecule has 0 saturated carbocycles. The van der Waals surface area contributed by atoms with Crippen LogP contribution >= 0.6 is 0 Å². The van der Waals surface area contributed by atoms with Gasteiger partial charge in [0.25, 0.3) is 0 Å². The van der Waals surface area contributed by atoms with Crippen molar-refractivity contribution in [3.8, 4) is 0 Å². The summed E-state index contributed by atoms with van der Waals surface area (Å²) in [5.74, 6) is 0. The molecular formula is C20H32. The minimum Gasteiger partial charge on any atom is -0.0839 e. The van der Waals surface area contributed by atoms with Crippen LogP contribution in [0.1, 0.15) is 82.3 Å². The van der Waals surface area contributed by atoms with Crippen molar-refractivity contribution >= 4 is 6.08 Å². The van der Waals surface area contributed by atoms with Crippen LogP contribution in [0.4, 0.5) is 0 Å². The Morgan fingerprint density at radius 3 is 1.90 bits per heavy atom. The fourth-order valence-electron chi connectivity index (χ4n) is 2.47. The fourth-order valence-corrected chi connectivity index (χ4v) is 2.47. The van der Waals surface area contributed by atoms with Crippen LogP contribution in [0.15, 0.2) is 30.3 Å². The van der Waals surface area contributed by atoms with Crippen molar-refractivity contribution in [3.63, 3.8) is 0 Å². The molecule has 0 unspecified atom stereocenters. The summed E-state index contributed by atoms with van der Waals surface area (Å²) in [6.45, 7) is 4.42. The van der Waals surface area contributed by atoms with Gasteiger partial charge in [-0.3, -0.25) is 0 Å². The van der Waals surface area contributed by atoms with E-state index < -0.39 is 0 Å². The molecule has 112 valence electrons. The predicted molar refractivity (Wildman–Crippen MR) is 92.1 cm³/mol. The minimum absolute atomic E-state index is 1.23. The Morgan fingerprint density at radius 2 is 1.30 bits per heavy atom. The molecule has 0 nitrogen and oxygen atoms in total. The van der Waals surface area contributed by atoms with E-state index in [4.69, 9.17) is 0 Å². The molecule has 0 aliphatic carbocycles. The number of unbranched alkanes of at least 4 members (excludes halogenated alkanes) is 9. The summed E-state index contributed by atoms with van der Waals surface area (Å²) in [5.41, 5.74) is 2.66. The van der Waals surface area contributed by atoms with Crippen LogP contribution in [-0.4, -0.2) is 0 Å². The Balaban J connectivity index is 1.93. The molecule has 0 fully saturated rings. The number of aryl methyl sites for hydroxylation is 1. The van der Waals surface area contributed by atoms with E-state index in [1.54, 1.807) is 0 Å². The van der Waals surface area contributed by atoms with Crippen LogP contribution < -0.4 is 0 Å². The van der Waals surface area contributed by atoms with Crippen molar-refractivity contribution in [2.45, 2.75) is 78.1 Å². The summed E-state index contributed by atoms with van der Waals surface area (Å²) in [4.78, 5) is 0. The number of benzene rings is 1. The van der Waals surface area contributed by atoms with Gasteiger partial charge in [0.15, 0.2) is 0 Å². The smallest absolute Gasteiger partial charge is 0.0260 e. The van der Waals surface area contributed by atoms with Gasteiger partial charge in [-0.25, -0.2) is 0 Å². The first-order chi connectivity index (χ1) is 9.83. The van der Waals surface area contributed by atoms with Gasteiger partial charge in [-0.2, -0.15) is 0 Å². The molecule has 1 aromatic carbocycles. The van der Waals surface area contributed by atoms with E-state index in [0.717, 1.165) is 0 Å². The van der Waals surface area contributed by atoms with Gasteiger partial charge < -0.3 is 0 Å². The summed E-state index contributed by atoms with van der Waals surface area (Å²) in [5, 5.41) is 0. The molecule has 0 amide bonds. The van der Waals surface area contributed by atoms with Crippen molar-refractivity contribution in [2.75, 3.05) is 0 Å². The van der Waals surface area contributed by atoms with Gasteiger partial charge >= 0.3 is 0 Å². The molecule has 0 heterocycles. The van der Waals surface area contributed by atoms with Gasteiger partial charge in [0.05, 0.1) is 0 Å². The van der Waals surface area contributed by atoms with E-state index in [1.165, 1.54) is 75.3 Å². The summed E-state index contributed by atoms with van der Waals surface area (Å²) in [6.07, 6.45) is 18.5. The Hall–Kier alpha value is -1.04. The van der Waals surface area contributed by atoms with Crippen molar-refractivity contribution in [1.29, 1.82) is 0 Å². The standard InChI is InChI=1S/C20H32/c1-3-4-5-6-7-8-9-10-11-12-13-14-20-17-15-19(2)16-18-20/h13-18H,3-12H2,1-2H3/b14-13-. The zero-order valence-corrected chi connectivity index (χ0v) is 13.5. The zero-order chi connectivity index (χ0) is 14.5. The molecule has 0 atom stereocenters. The van der Waals surface area contributed by atoms with Crippen molar-refractivity contribution in [3.05, 3.63) is 41.5 Å². The zero-order valence-electron chi connectivity index (χ0n) is 13.5. The maximum Gasteiger partial charge on any atom is -0.0260 e. The third-order valence-electron chi connectivity index (χ3n) is 3.86. The second-order valence-electron chi connectivity index (χ2n) is 5.93. The van der Waals surface area contributed by atoms with E-state index in [-0.39, 0.29) is 0 Å². The van der Waals surface area contributed by atoms with Gasteiger partial charge in [0.2, 0.25) is 0 Å². The summed E-state index contributed by atoms with van der Waals surface area (Å²) in [6, 6.07) is 8.75. The molecule has 0 radical (unpaired) electrons. The van der Waals surface area contributed by atoms with Gasteiger partial charge in [-0.05, 0) is 25.3 Å². The molecule has 0 saturated heterocycles. The predicted octanol–water partition coefficient (Wildman–Crippen LogP) is 6.93. The Labute approximate surface area is 126 Å². The lowest BCUT2D eigenvalue weighted by Gasteiger charge is -2.00. The maximum absolute atomic E-state index is 2.33. The third kappa shape index (κ3) is 8.96. The van der Waals surface area contributed by atoms with Crippen molar-refractivity contribution in [2.24, 2.45) is 0 Å². The van der Waals surface area contributed by atoms with E-state index in [0.29, 0.717) is 0 Å². The first-order valence-electron chi connectivity index (χ1n) is 8.56. The molecular weight excluding hydrogens is 240 g/mol. The van der Waals surface area contributed by atoms with Crippen LogP contribution in [0.5, 0.6) is 0 Å². The molecule has 1 rings (SSSR count). The minimum atomic E-state index is 1.23. The molecule has 20 heavy (non-hydrogen) atoms. The fraction of sp³-hybridized carbons (Fsp3) is 0.600. The third-order valence-corrected chi connectivity index (χ3v) is 3.86.